The Bertz CT molecular complexity index is 524. The smallest absolute Gasteiger partial charge is 0.303 e. The SMILES string of the molecule is CN(Cc1ccc(O)cc1)S(=O)(=O)CCCC(=O)O. The minimum atomic E-state index is -3.46. The van der Waals surface area contributed by atoms with Gasteiger partial charge in [0.25, 0.3) is 0 Å². The van der Waals surface area contributed by atoms with Gasteiger partial charge in [0, 0.05) is 20.0 Å². The second-order valence-corrected chi connectivity index (χ2v) is 6.43. The van der Waals surface area contributed by atoms with Crippen LogP contribution < -0.4 is 0 Å². The molecule has 0 atom stereocenters. The fourth-order valence-corrected chi connectivity index (χ4v) is 2.69. The van der Waals surface area contributed by atoms with E-state index in [9.17, 15) is 13.2 Å². The van der Waals surface area contributed by atoms with Crippen molar-refractivity contribution in [1.82, 2.24) is 4.31 Å². The van der Waals surface area contributed by atoms with E-state index >= 15 is 0 Å². The molecule has 1 aromatic carbocycles. The quantitative estimate of drug-likeness (QED) is 0.780. The zero-order valence-electron chi connectivity index (χ0n) is 10.6. The Morgan fingerprint density at radius 2 is 1.84 bits per heavy atom. The van der Waals surface area contributed by atoms with Gasteiger partial charge in [0.1, 0.15) is 5.75 Å². The van der Waals surface area contributed by atoms with Crippen LogP contribution in [0.2, 0.25) is 0 Å². The molecule has 0 radical (unpaired) electrons. The molecule has 7 heteroatoms. The van der Waals surface area contributed by atoms with Crippen LogP contribution in [0.15, 0.2) is 24.3 Å². The summed E-state index contributed by atoms with van der Waals surface area (Å²) in [4.78, 5) is 10.3. The Kier molecular flexibility index (Phi) is 5.31. The van der Waals surface area contributed by atoms with E-state index in [1.165, 1.54) is 23.5 Å². The molecule has 0 unspecified atom stereocenters. The van der Waals surface area contributed by atoms with Gasteiger partial charge in [-0.25, -0.2) is 12.7 Å². The van der Waals surface area contributed by atoms with Crippen LogP contribution in [0.5, 0.6) is 5.75 Å². The molecular formula is C12H17NO5S. The van der Waals surface area contributed by atoms with E-state index in [2.05, 4.69) is 0 Å². The van der Waals surface area contributed by atoms with Gasteiger partial charge in [-0.1, -0.05) is 12.1 Å². The summed E-state index contributed by atoms with van der Waals surface area (Å²) in [6.45, 7) is 0.190. The molecule has 0 saturated carbocycles. The molecule has 0 aliphatic rings. The summed E-state index contributed by atoms with van der Waals surface area (Å²) >= 11 is 0. The highest BCUT2D eigenvalue weighted by Crippen LogP contribution is 2.13. The number of hydrogen-bond donors (Lipinski definition) is 2. The Hall–Kier alpha value is -1.60. The summed E-state index contributed by atoms with van der Waals surface area (Å²) in [6.07, 6.45) is -0.0656. The van der Waals surface area contributed by atoms with Crippen molar-refractivity contribution < 1.29 is 23.4 Å². The van der Waals surface area contributed by atoms with Gasteiger partial charge in [-0.15, -0.1) is 0 Å². The number of benzene rings is 1. The molecule has 0 aliphatic carbocycles. The van der Waals surface area contributed by atoms with Gasteiger partial charge in [-0.2, -0.15) is 0 Å². The van der Waals surface area contributed by atoms with E-state index in [1.54, 1.807) is 12.1 Å². The zero-order valence-corrected chi connectivity index (χ0v) is 11.4. The first kappa shape index (κ1) is 15.5. The van der Waals surface area contributed by atoms with Crippen molar-refractivity contribution >= 4 is 16.0 Å². The van der Waals surface area contributed by atoms with E-state index in [0.717, 1.165) is 5.56 Å². The Balaban J connectivity index is 2.58. The lowest BCUT2D eigenvalue weighted by molar-refractivity contribution is -0.137. The van der Waals surface area contributed by atoms with E-state index in [0.29, 0.717) is 0 Å². The van der Waals surface area contributed by atoms with Crippen LogP contribution >= 0.6 is 0 Å². The standard InChI is InChI=1S/C12H17NO5S/c1-13(9-10-4-6-11(14)7-5-10)19(17,18)8-2-3-12(15)16/h4-7,14H,2-3,8-9H2,1H3,(H,15,16). The number of aromatic hydroxyl groups is 1. The lowest BCUT2D eigenvalue weighted by Crippen LogP contribution is -2.29. The average molecular weight is 287 g/mol. The fourth-order valence-electron chi connectivity index (χ4n) is 1.52. The van der Waals surface area contributed by atoms with Crippen LogP contribution in [-0.4, -0.2) is 41.7 Å². The molecule has 6 nitrogen and oxygen atoms in total. The third-order valence-electron chi connectivity index (χ3n) is 2.61. The Morgan fingerprint density at radius 3 is 2.37 bits per heavy atom. The average Bonchev–Trinajstić information content (AvgIpc) is 2.31. The number of carboxylic acids is 1. The van der Waals surface area contributed by atoms with Crippen LogP contribution in [0.1, 0.15) is 18.4 Å². The van der Waals surface area contributed by atoms with Crippen LogP contribution in [0.4, 0.5) is 0 Å². The lowest BCUT2D eigenvalue weighted by atomic mass is 10.2. The molecule has 2 N–H and O–H groups in total. The highest BCUT2D eigenvalue weighted by molar-refractivity contribution is 7.89. The summed E-state index contributed by atoms with van der Waals surface area (Å²) in [7, 11) is -2.01. The second kappa shape index (κ2) is 6.53. The van der Waals surface area contributed by atoms with Crippen LogP contribution in [-0.2, 0) is 21.4 Å². The van der Waals surface area contributed by atoms with E-state index < -0.39 is 16.0 Å². The summed E-state index contributed by atoms with van der Waals surface area (Å²) in [6, 6.07) is 6.25. The monoisotopic (exact) mass is 287 g/mol. The molecule has 0 bridgehead atoms. The van der Waals surface area contributed by atoms with Gasteiger partial charge in [0.2, 0.25) is 10.0 Å². The van der Waals surface area contributed by atoms with Crippen molar-refractivity contribution in [3.05, 3.63) is 29.8 Å². The third-order valence-corrected chi connectivity index (χ3v) is 4.49. The number of aliphatic carboxylic acids is 1. The maximum absolute atomic E-state index is 11.9. The van der Waals surface area contributed by atoms with Gasteiger partial charge < -0.3 is 10.2 Å². The van der Waals surface area contributed by atoms with E-state index in [4.69, 9.17) is 10.2 Å². The molecule has 0 amide bonds. The Morgan fingerprint density at radius 1 is 1.26 bits per heavy atom. The first-order valence-electron chi connectivity index (χ1n) is 5.75. The topological polar surface area (TPSA) is 94.9 Å². The number of carbonyl (C=O) groups is 1. The number of sulfonamides is 1. The number of nitrogens with zero attached hydrogens (tertiary/aromatic N) is 1. The van der Waals surface area contributed by atoms with E-state index in [-0.39, 0.29) is 30.9 Å². The molecular weight excluding hydrogens is 270 g/mol. The highest BCUT2D eigenvalue weighted by Gasteiger charge is 2.18. The molecule has 0 aromatic heterocycles. The lowest BCUT2D eigenvalue weighted by Gasteiger charge is -2.17. The number of rotatable bonds is 7. The predicted molar refractivity (Wildman–Crippen MR) is 70.2 cm³/mol. The van der Waals surface area contributed by atoms with Crippen molar-refractivity contribution in [2.24, 2.45) is 0 Å². The minimum Gasteiger partial charge on any atom is -0.508 e. The summed E-state index contributed by atoms with van der Waals surface area (Å²) in [5, 5.41) is 17.6. The number of hydrogen-bond acceptors (Lipinski definition) is 4. The molecule has 0 spiro atoms. The molecule has 0 aliphatic heterocycles. The fraction of sp³-hybridized carbons (Fsp3) is 0.417. The molecule has 106 valence electrons. The first-order chi connectivity index (χ1) is 8.81. The molecule has 19 heavy (non-hydrogen) atoms. The second-order valence-electron chi connectivity index (χ2n) is 4.24. The largest absolute Gasteiger partial charge is 0.508 e. The van der Waals surface area contributed by atoms with Gasteiger partial charge >= 0.3 is 5.97 Å². The van der Waals surface area contributed by atoms with Gasteiger partial charge in [-0.3, -0.25) is 4.79 Å². The zero-order chi connectivity index (χ0) is 14.5. The van der Waals surface area contributed by atoms with Crippen molar-refractivity contribution in [3.8, 4) is 5.75 Å². The molecule has 0 fully saturated rings. The van der Waals surface area contributed by atoms with Crippen molar-refractivity contribution in [2.75, 3.05) is 12.8 Å². The maximum atomic E-state index is 11.9. The third kappa shape index (κ3) is 5.27. The van der Waals surface area contributed by atoms with Crippen LogP contribution in [0, 0.1) is 0 Å². The number of phenolic OH excluding ortho intramolecular Hbond substituents is 1. The highest BCUT2D eigenvalue weighted by atomic mass is 32.2. The van der Waals surface area contributed by atoms with Gasteiger partial charge in [0.15, 0.2) is 0 Å². The first-order valence-corrected chi connectivity index (χ1v) is 7.36. The molecule has 0 saturated heterocycles. The summed E-state index contributed by atoms with van der Waals surface area (Å²) in [5.41, 5.74) is 0.752. The Labute approximate surface area is 112 Å². The van der Waals surface area contributed by atoms with Crippen molar-refractivity contribution in [3.63, 3.8) is 0 Å². The van der Waals surface area contributed by atoms with Gasteiger partial charge in [0.05, 0.1) is 5.75 Å². The molecule has 1 rings (SSSR count). The molecule has 0 heterocycles. The summed E-state index contributed by atoms with van der Waals surface area (Å²) in [5.74, 6) is -1.07. The molecule has 1 aromatic rings. The maximum Gasteiger partial charge on any atom is 0.303 e. The minimum absolute atomic E-state index is 0.0948. The number of phenols is 1. The van der Waals surface area contributed by atoms with Crippen molar-refractivity contribution in [1.29, 1.82) is 0 Å². The van der Waals surface area contributed by atoms with Crippen LogP contribution in [0.25, 0.3) is 0 Å². The predicted octanol–water partition coefficient (Wildman–Crippen LogP) is 1.02. The summed E-state index contributed by atoms with van der Waals surface area (Å²) < 4.78 is 24.9. The van der Waals surface area contributed by atoms with Crippen molar-refractivity contribution in [2.45, 2.75) is 19.4 Å². The van der Waals surface area contributed by atoms with Crippen LogP contribution in [0.3, 0.4) is 0 Å². The van der Waals surface area contributed by atoms with Gasteiger partial charge in [-0.05, 0) is 24.1 Å². The van der Waals surface area contributed by atoms with E-state index in [1.807, 2.05) is 0 Å². The number of carboxylic acid groups (broad SMARTS) is 1. The normalized spacial score (nSPS) is 11.7.